The molecule has 2 aromatic rings. The summed E-state index contributed by atoms with van der Waals surface area (Å²) in [5, 5.41) is 13.5. The Bertz CT molecular complexity index is 1120. The Balaban J connectivity index is 1.60. The van der Waals surface area contributed by atoms with Gasteiger partial charge in [-0.3, -0.25) is 14.5 Å². The highest BCUT2D eigenvalue weighted by atomic mass is 16.3. The molecule has 186 valence electrons. The molecule has 1 heterocycles. The first-order valence-corrected chi connectivity index (χ1v) is 12.7. The SMILES string of the molecule is CCC[C@H](c1cccc(C(=O)N[C@@H]2c3ccccc3C[C@H]2O)c1)N1C(=O)CC(CC)(CC)N=C1N. The molecule has 0 aromatic heterocycles. The summed E-state index contributed by atoms with van der Waals surface area (Å²) in [5.41, 5.74) is 9.28. The molecule has 0 radical (unpaired) electrons. The number of hydrogen-bond donors (Lipinski definition) is 3. The summed E-state index contributed by atoms with van der Waals surface area (Å²) in [5.74, 6) is -0.0328. The molecule has 0 unspecified atom stereocenters. The van der Waals surface area contributed by atoms with Gasteiger partial charge in [0.1, 0.15) is 0 Å². The lowest BCUT2D eigenvalue weighted by Crippen LogP contribution is -2.52. The zero-order valence-electron chi connectivity index (χ0n) is 20.8. The summed E-state index contributed by atoms with van der Waals surface area (Å²) in [7, 11) is 0. The van der Waals surface area contributed by atoms with Crippen LogP contribution in [0.4, 0.5) is 0 Å². The van der Waals surface area contributed by atoms with Gasteiger partial charge in [0.05, 0.1) is 30.1 Å². The van der Waals surface area contributed by atoms with Crippen molar-refractivity contribution in [3.8, 4) is 0 Å². The van der Waals surface area contributed by atoms with Crippen molar-refractivity contribution in [2.75, 3.05) is 0 Å². The average molecular weight is 477 g/mol. The molecule has 2 aromatic carbocycles. The largest absolute Gasteiger partial charge is 0.390 e. The Morgan fingerprint density at radius 2 is 1.94 bits per heavy atom. The number of nitrogens with two attached hydrogens (primary N) is 1. The van der Waals surface area contributed by atoms with Gasteiger partial charge < -0.3 is 16.2 Å². The van der Waals surface area contributed by atoms with Crippen LogP contribution in [0.5, 0.6) is 0 Å². The van der Waals surface area contributed by atoms with E-state index in [1.54, 1.807) is 11.0 Å². The number of fused-ring (bicyclic) bond motifs is 1. The molecule has 3 atom stereocenters. The van der Waals surface area contributed by atoms with Gasteiger partial charge in [-0.15, -0.1) is 0 Å². The predicted octanol–water partition coefficient (Wildman–Crippen LogP) is 4.02. The first-order valence-electron chi connectivity index (χ1n) is 12.7. The molecule has 7 heteroatoms. The monoisotopic (exact) mass is 476 g/mol. The molecule has 0 fully saturated rings. The molecule has 0 saturated heterocycles. The molecule has 0 saturated carbocycles. The molecule has 7 nitrogen and oxygen atoms in total. The van der Waals surface area contributed by atoms with E-state index in [4.69, 9.17) is 10.7 Å². The van der Waals surface area contributed by atoms with E-state index >= 15 is 0 Å². The first-order chi connectivity index (χ1) is 16.8. The first kappa shape index (κ1) is 24.9. The van der Waals surface area contributed by atoms with Crippen molar-refractivity contribution in [2.24, 2.45) is 10.7 Å². The number of aliphatic hydroxyl groups excluding tert-OH is 1. The van der Waals surface area contributed by atoms with Gasteiger partial charge in [-0.1, -0.05) is 63.6 Å². The van der Waals surface area contributed by atoms with Crippen molar-refractivity contribution in [3.63, 3.8) is 0 Å². The second kappa shape index (κ2) is 10.2. The molecule has 4 rings (SSSR count). The molecule has 1 aliphatic heterocycles. The summed E-state index contributed by atoms with van der Waals surface area (Å²) in [6, 6.07) is 14.4. The summed E-state index contributed by atoms with van der Waals surface area (Å²) in [4.78, 5) is 32.9. The fourth-order valence-corrected chi connectivity index (χ4v) is 5.40. The third kappa shape index (κ3) is 4.82. The standard InChI is InChI=1S/C28H36N4O3/c1-4-10-22(32-24(34)17-28(5-2,6-3)31-27(32)29)19-12-9-13-20(15-19)26(35)30-25-21-14-8-7-11-18(21)16-23(25)33/h7-9,11-15,22-23,25,33H,4-6,10,16-17H2,1-3H3,(H2,29,31)(H,30,35)/t22-,23-,25-/m1/s1. The quantitative estimate of drug-likeness (QED) is 0.535. The highest BCUT2D eigenvalue weighted by molar-refractivity contribution is 6.00. The normalized spacial score (nSPS) is 21.9. The summed E-state index contributed by atoms with van der Waals surface area (Å²) >= 11 is 0. The number of nitrogens with one attached hydrogen (secondary N) is 1. The Kier molecular flexibility index (Phi) is 7.26. The van der Waals surface area contributed by atoms with Crippen LogP contribution in [0.15, 0.2) is 53.5 Å². The highest BCUT2D eigenvalue weighted by Crippen LogP contribution is 2.35. The summed E-state index contributed by atoms with van der Waals surface area (Å²) in [6.07, 6.45) is 3.25. The third-order valence-electron chi connectivity index (χ3n) is 7.56. The summed E-state index contributed by atoms with van der Waals surface area (Å²) in [6.45, 7) is 6.13. The average Bonchev–Trinajstić information content (AvgIpc) is 3.17. The minimum atomic E-state index is -0.660. The maximum absolute atomic E-state index is 13.3. The van der Waals surface area contributed by atoms with Crippen LogP contribution in [0.25, 0.3) is 0 Å². The summed E-state index contributed by atoms with van der Waals surface area (Å²) < 4.78 is 0. The van der Waals surface area contributed by atoms with Gasteiger partial charge in [0.2, 0.25) is 5.91 Å². The van der Waals surface area contributed by atoms with E-state index in [9.17, 15) is 14.7 Å². The molecule has 1 aliphatic carbocycles. The van der Waals surface area contributed by atoms with Gasteiger partial charge in [-0.05, 0) is 48.1 Å². The number of amides is 2. The number of guanidine groups is 1. The zero-order valence-corrected chi connectivity index (χ0v) is 20.8. The molecule has 35 heavy (non-hydrogen) atoms. The Labute approximate surface area is 207 Å². The van der Waals surface area contributed by atoms with Crippen LogP contribution in [0.1, 0.15) is 92.0 Å². The van der Waals surface area contributed by atoms with Gasteiger partial charge in [0.25, 0.3) is 5.91 Å². The van der Waals surface area contributed by atoms with E-state index in [1.807, 2.05) is 56.3 Å². The topological polar surface area (TPSA) is 108 Å². The fraction of sp³-hybridized carbons (Fsp3) is 0.464. The van der Waals surface area contributed by atoms with Crippen LogP contribution >= 0.6 is 0 Å². The van der Waals surface area contributed by atoms with E-state index in [0.717, 1.165) is 36.0 Å². The molecular formula is C28H36N4O3. The Hall–Kier alpha value is -3.19. The molecule has 4 N–H and O–H groups in total. The smallest absolute Gasteiger partial charge is 0.251 e. The number of rotatable bonds is 8. The Morgan fingerprint density at radius 3 is 2.63 bits per heavy atom. The van der Waals surface area contributed by atoms with E-state index < -0.39 is 17.7 Å². The van der Waals surface area contributed by atoms with Gasteiger partial charge in [0.15, 0.2) is 5.96 Å². The van der Waals surface area contributed by atoms with E-state index in [0.29, 0.717) is 24.8 Å². The van der Waals surface area contributed by atoms with Crippen molar-refractivity contribution < 1.29 is 14.7 Å². The van der Waals surface area contributed by atoms with Crippen LogP contribution in [-0.2, 0) is 11.2 Å². The number of nitrogens with zero attached hydrogens (tertiary/aromatic N) is 2. The van der Waals surface area contributed by atoms with Crippen LogP contribution in [0, 0.1) is 0 Å². The lowest BCUT2D eigenvalue weighted by atomic mass is 9.87. The van der Waals surface area contributed by atoms with Crippen LogP contribution in [-0.4, -0.2) is 39.4 Å². The third-order valence-corrected chi connectivity index (χ3v) is 7.56. The van der Waals surface area contributed by atoms with Crippen molar-refractivity contribution in [3.05, 3.63) is 70.8 Å². The minimum absolute atomic E-state index is 0.0276. The van der Waals surface area contributed by atoms with E-state index in [-0.39, 0.29) is 23.8 Å². The predicted molar refractivity (Wildman–Crippen MR) is 137 cm³/mol. The zero-order chi connectivity index (χ0) is 25.2. The van der Waals surface area contributed by atoms with Gasteiger partial charge in [-0.2, -0.15) is 0 Å². The number of aliphatic hydroxyl groups is 1. The van der Waals surface area contributed by atoms with Gasteiger partial charge >= 0.3 is 0 Å². The highest BCUT2D eigenvalue weighted by Gasteiger charge is 2.40. The number of carbonyl (C=O) groups excluding carboxylic acids is 2. The van der Waals surface area contributed by atoms with Crippen molar-refractivity contribution >= 4 is 17.8 Å². The molecule has 0 spiro atoms. The molecule has 2 amide bonds. The fourth-order valence-electron chi connectivity index (χ4n) is 5.40. The lowest BCUT2D eigenvalue weighted by molar-refractivity contribution is -0.131. The molecule has 0 bridgehead atoms. The molecular weight excluding hydrogens is 440 g/mol. The van der Waals surface area contributed by atoms with Crippen LogP contribution < -0.4 is 11.1 Å². The molecule has 2 aliphatic rings. The second-order valence-corrected chi connectivity index (χ2v) is 9.69. The number of benzene rings is 2. The van der Waals surface area contributed by atoms with Crippen LogP contribution in [0.2, 0.25) is 0 Å². The number of aliphatic imine (C=N–C) groups is 1. The second-order valence-electron chi connectivity index (χ2n) is 9.69. The van der Waals surface area contributed by atoms with Crippen molar-refractivity contribution in [2.45, 2.75) is 83.0 Å². The Morgan fingerprint density at radius 1 is 1.20 bits per heavy atom. The van der Waals surface area contributed by atoms with E-state index in [2.05, 4.69) is 12.2 Å². The maximum Gasteiger partial charge on any atom is 0.251 e. The van der Waals surface area contributed by atoms with Gasteiger partial charge in [0, 0.05) is 12.0 Å². The minimum Gasteiger partial charge on any atom is -0.390 e. The maximum atomic E-state index is 13.3. The lowest BCUT2D eigenvalue weighted by Gasteiger charge is -2.40. The van der Waals surface area contributed by atoms with Crippen molar-refractivity contribution in [1.29, 1.82) is 0 Å². The van der Waals surface area contributed by atoms with Crippen LogP contribution in [0.3, 0.4) is 0 Å². The van der Waals surface area contributed by atoms with Crippen molar-refractivity contribution in [1.82, 2.24) is 10.2 Å². The van der Waals surface area contributed by atoms with E-state index in [1.165, 1.54) is 0 Å². The van der Waals surface area contributed by atoms with Gasteiger partial charge in [-0.25, -0.2) is 4.99 Å². The number of hydrogen-bond acceptors (Lipinski definition) is 5. The number of carbonyl (C=O) groups is 2.